The Morgan fingerprint density at radius 1 is 1.20 bits per heavy atom. The summed E-state index contributed by atoms with van der Waals surface area (Å²) in [5.74, 6) is 2.36. The Bertz CT molecular complexity index is 521. The van der Waals surface area contributed by atoms with E-state index in [0.717, 1.165) is 29.9 Å². The number of aliphatic hydroxyl groups excluding tert-OH is 1. The van der Waals surface area contributed by atoms with Gasteiger partial charge in [0.15, 0.2) is 11.5 Å². The van der Waals surface area contributed by atoms with E-state index in [1.54, 1.807) is 0 Å². The molecule has 1 aromatic carbocycles. The summed E-state index contributed by atoms with van der Waals surface area (Å²) in [4.78, 5) is 0. The first-order valence-electron chi connectivity index (χ1n) is 7.38. The van der Waals surface area contributed by atoms with E-state index in [0.29, 0.717) is 19.1 Å². The van der Waals surface area contributed by atoms with E-state index < -0.39 is 6.10 Å². The van der Waals surface area contributed by atoms with Crippen LogP contribution < -0.4 is 9.47 Å². The number of allylic oxidation sites excluding steroid dienone is 2. The van der Waals surface area contributed by atoms with Crippen LogP contribution in [0.1, 0.15) is 38.4 Å². The highest BCUT2D eigenvalue weighted by atomic mass is 16.6. The van der Waals surface area contributed by atoms with Crippen molar-refractivity contribution in [3.63, 3.8) is 0 Å². The van der Waals surface area contributed by atoms with E-state index >= 15 is 0 Å². The zero-order valence-electron chi connectivity index (χ0n) is 12.1. The second kappa shape index (κ2) is 5.49. The van der Waals surface area contributed by atoms with E-state index in [4.69, 9.17) is 9.47 Å². The summed E-state index contributed by atoms with van der Waals surface area (Å²) >= 11 is 0. The van der Waals surface area contributed by atoms with Crippen LogP contribution in [-0.2, 0) is 0 Å². The zero-order chi connectivity index (χ0) is 14.1. The number of aliphatic hydroxyl groups is 1. The maximum atomic E-state index is 10.7. The number of hydrogen-bond acceptors (Lipinski definition) is 3. The molecule has 1 aliphatic heterocycles. The van der Waals surface area contributed by atoms with Crippen molar-refractivity contribution in [3.8, 4) is 11.5 Å². The van der Waals surface area contributed by atoms with Crippen LogP contribution in [0.3, 0.4) is 0 Å². The standard InChI is InChI=1S/C17H22O3/c1-11-7-12(2)9-14(8-11)17(18)13-3-4-15-16(10-13)20-6-5-19-15/h3-4,7,10-11,14,17-18H,5-6,8-9H2,1-2H3. The molecule has 3 atom stereocenters. The number of rotatable bonds is 2. The van der Waals surface area contributed by atoms with Gasteiger partial charge in [0.2, 0.25) is 0 Å². The molecule has 0 saturated heterocycles. The topological polar surface area (TPSA) is 38.7 Å². The summed E-state index contributed by atoms with van der Waals surface area (Å²) < 4.78 is 11.1. The summed E-state index contributed by atoms with van der Waals surface area (Å²) in [6.45, 7) is 5.54. The van der Waals surface area contributed by atoms with Crippen molar-refractivity contribution in [1.29, 1.82) is 0 Å². The van der Waals surface area contributed by atoms with Gasteiger partial charge in [0.05, 0.1) is 6.10 Å². The van der Waals surface area contributed by atoms with Crippen LogP contribution in [0.25, 0.3) is 0 Å². The molecule has 1 aromatic rings. The third-order valence-electron chi connectivity index (χ3n) is 4.18. The number of fused-ring (bicyclic) bond motifs is 1. The summed E-state index contributed by atoms with van der Waals surface area (Å²) in [5.41, 5.74) is 2.31. The Morgan fingerprint density at radius 3 is 2.70 bits per heavy atom. The zero-order valence-corrected chi connectivity index (χ0v) is 12.1. The SMILES string of the molecule is CC1=CC(C)CC(C(O)c2ccc3c(c2)OCCO3)C1. The average Bonchev–Trinajstić information content (AvgIpc) is 2.45. The largest absolute Gasteiger partial charge is 0.486 e. The van der Waals surface area contributed by atoms with Crippen molar-refractivity contribution >= 4 is 0 Å². The molecule has 0 saturated carbocycles. The van der Waals surface area contributed by atoms with Gasteiger partial charge in [0.25, 0.3) is 0 Å². The van der Waals surface area contributed by atoms with Crippen LogP contribution in [0.2, 0.25) is 0 Å². The summed E-state index contributed by atoms with van der Waals surface area (Å²) in [5, 5.41) is 10.7. The second-order valence-corrected chi connectivity index (χ2v) is 6.04. The third kappa shape index (κ3) is 2.68. The summed E-state index contributed by atoms with van der Waals surface area (Å²) in [6.07, 6.45) is 3.89. The van der Waals surface area contributed by atoms with E-state index in [2.05, 4.69) is 19.9 Å². The Hall–Kier alpha value is -1.48. The van der Waals surface area contributed by atoms with Gasteiger partial charge in [-0.2, -0.15) is 0 Å². The normalized spacial score (nSPS) is 26.9. The van der Waals surface area contributed by atoms with Crippen LogP contribution in [0, 0.1) is 11.8 Å². The molecule has 3 nitrogen and oxygen atoms in total. The van der Waals surface area contributed by atoms with Gasteiger partial charge in [-0.15, -0.1) is 0 Å². The van der Waals surface area contributed by atoms with Gasteiger partial charge in [-0.3, -0.25) is 0 Å². The molecule has 1 N–H and O–H groups in total. The first-order chi connectivity index (χ1) is 9.63. The fraction of sp³-hybridized carbons (Fsp3) is 0.529. The molecule has 0 radical (unpaired) electrons. The molecule has 20 heavy (non-hydrogen) atoms. The molecule has 0 bridgehead atoms. The Morgan fingerprint density at radius 2 is 1.95 bits per heavy atom. The van der Waals surface area contributed by atoms with Crippen LogP contribution in [0.4, 0.5) is 0 Å². The quantitative estimate of drug-likeness (QED) is 0.839. The highest BCUT2D eigenvalue weighted by Gasteiger charge is 2.27. The van der Waals surface area contributed by atoms with Crippen LogP contribution in [-0.4, -0.2) is 18.3 Å². The Balaban J connectivity index is 1.80. The average molecular weight is 274 g/mol. The van der Waals surface area contributed by atoms with Gasteiger partial charge in [0, 0.05) is 0 Å². The van der Waals surface area contributed by atoms with Crippen molar-refractivity contribution in [2.24, 2.45) is 11.8 Å². The highest BCUT2D eigenvalue weighted by Crippen LogP contribution is 2.39. The number of hydrogen-bond donors (Lipinski definition) is 1. The predicted octanol–water partition coefficient (Wildman–Crippen LogP) is 3.48. The maximum Gasteiger partial charge on any atom is 0.161 e. The highest BCUT2D eigenvalue weighted by molar-refractivity contribution is 5.44. The van der Waals surface area contributed by atoms with Gasteiger partial charge in [-0.05, 0) is 49.3 Å². The monoisotopic (exact) mass is 274 g/mol. The fourth-order valence-corrected chi connectivity index (χ4v) is 3.35. The van der Waals surface area contributed by atoms with Crippen molar-refractivity contribution in [1.82, 2.24) is 0 Å². The third-order valence-corrected chi connectivity index (χ3v) is 4.18. The van der Waals surface area contributed by atoms with Crippen LogP contribution in [0.5, 0.6) is 11.5 Å². The molecular weight excluding hydrogens is 252 g/mol. The van der Waals surface area contributed by atoms with Gasteiger partial charge in [0.1, 0.15) is 13.2 Å². The molecule has 0 amide bonds. The lowest BCUT2D eigenvalue weighted by Gasteiger charge is -2.30. The molecule has 3 unspecified atom stereocenters. The van der Waals surface area contributed by atoms with Crippen LogP contribution >= 0.6 is 0 Å². The Labute approximate surface area is 120 Å². The van der Waals surface area contributed by atoms with Gasteiger partial charge in [-0.1, -0.05) is 24.6 Å². The predicted molar refractivity (Wildman–Crippen MR) is 78.0 cm³/mol. The van der Waals surface area contributed by atoms with Crippen molar-refractivity contribution in [3.05, 3.63) is 35.4 Å². The van der Waals surface area contributed by atoms with Crippen LogP contribution in [0.15, 0.2) is 29.8 Å². The number of ether oxygens (including phenoxy) is 2. The first-order valence-corrected chi connectivity index (χ1v) is 7.38. The fourth-order valence-electron chi connectivity index (χ4n) is 3.35. The lowest BCUT2D eigenvalue weighted by Crippen LogP contribution is -2.20. The number of benzene rings is 1. The van der Waals surface area contributed by atoms with E-state index in [-0.39, 0.29) is 5.92 Å². The van der Waals surface area contributed by atoms with Gasteiger partial charge in [-0.25, -0.2) is 0 Å². The van der Waals surface area contributed by atoms with E-state index in [9.17, 15) is 5.11 Å². The molecule has 3 rings (SSSR count). The molecule has 0 aromatic heterocycles. The van der Waals surface area contributed by atoms with Gasteiger partial charge >= 0.3 is 0 Å². The van der Waals surface area contributed by atoms with E-state index in [1.165, 1.54) is 5.57 Å². The molecule has 3 heteroatoms. The minimum atomic E-state index is -0.433. The smallest absolute Gasteiger partial charge is 0.161 e. The molecule has 1 aliphatic carbocycles. The van der Waals surface area contributed by atoms with Gasteiger partial charge < -0.3 is 14.6 Å². The maximum absolute atomic E-state index is 10.7. The minimum Gasteiger partial charge on any atom is -0.486 e. The van der Waals surface area contributed by atoms with Crippen molar-refractivity contribution in [2.75, 3.05) is 13.2 Å². The minimum absolute atomic E-state index is 0.289. The van der Waals surface area contributed by atoms with Crippen molar-refractivity contribution in [2.45, 2.75) is 32.8 Å². The van der Waals surface area contributed by atoms with E-state index in [1.807, 2.05) is 18.2 Å². The first kappa shape index (κ1) is 13.5. The molecule has 108 valence electrons. The lowest BCUT2D eigenvalue weighted by molar-refractivity contribution is 0.0923. The molecule has 1 heterocycles. The molecule has 2 aliphatic rings. The molecule has 0 fully saturated rings. The summed E-state index contributed by atoms with van der Waals surface area (Å²) in [7, 11) is 0. The van der Waals surface area contributed by atoms with Crippen molar-refractivity contribution < 1.29 is 14.6 Å². The molecule has 0 spiro atoms. The Kier molecular flexibility index (Phi) is 3.70. The second-order valence-electron chi connectivity index (χ2n) is 6.04. The lowest BCUT2D eigenvalue weighted by atomic mass is 9.79. The molecular formula is C17H22O3. The summed E-state index contributed by atoms with van der Waals surface area (Å²) in [6, 6.07) is 5.79.